The number of pyridine rings is 1. The van der Waals surface area contributed by atoms with Crippen LogP contribution in [0.2, 0.25) is 0 Å². The second-order valence-corrected chi connectivity index (χ2v) is 13.0. The van der Waals surface area contributed by atoms with Gasteiger partial charge < -0.3 is 13.7 Å². The molecule has 8 rings (SSSR count). The largest absolute Gasteiger partial charge is 0.405 e. The second-order valence-electron chi connectivity index (χ2n) is 13.0. The smallest absolute Gasteiger partial charge is 0.346 e. The fraction of sp³-hybridized carbons (Fsp3) is 0.0976. The van der Waals surface area contributed by atoms with Crippen LogP contribution in [0.3, 0.4) is 0 Å². The van der Waals surface area contributed by atoms with E-state index in [9.17, 15) is 19.2 Å². The Kier molecular flexibility index (Phi) is 8.83. The fourth-order valence-corrected chi connectivity index (χ4v) is 6.54. The van der Waals surface area contributed by atoms with Crippen LogP contribution in [0.25, 0.3) is 33.2 Å². The Balaban J connectivity index is 0.959. The molecule has 0 aliphatic carbocycles. The van der Waals surface area contributed by atoms with Crippen LogP contribution in [0, 0.1) is 13.8 Å². The van der Waals surface area contributed by atoms with Gasteiger partial charge in [-0.3, -0.25) is 23.4 Å². The Labute approximate surface area is 311 Å². The standard InChI is InChI=1S/C41H32N8O6/c1-24-6-15-36-48(24)34-18-28(9-13-32(34)40(52)54-36)37(50)45-43-21-26-7-11-31(12-8-26)47(3)23-30-17-25(2)49-35-19-29(10-14-33(35)41(53)55-39(30)49)38(51)46-44-22-27-5-4-16-42-20-27/h4-22H,23H2,1-3H3,(H,45,50)(H,46,51). The molecule has 2 N–H and O–H groups in total. The van der Waals surface area contributed by atoms with Gasteiger partial charge in [0.05, 0.1) is 34.2 Å². The number of benzene rings is 3. The van der Waals surface area contributed by atoms with Crippen LogP contribution in [-0.2, 0) is 6.54 Å². The molecule has 0 unspecified atom stereocenters. The molecule has 0 saturated heterocycles. The predicted octanol–water partition coefficient (Wildman–Crippen LogP) is 5.58. The molecule has 0 radical (unpaired) electrons. The molecule has 14 heteroatoms. The van der Waals surface area contributed by atoms with Gasteiger partial charge in [0.15, 0.2) is 0 Å². The lowest BCUT2D eigenvalue weighted by atomic mass is 10.1. The monoisotopic (exact) mass is 732 g/mol. The summed E-state index contributed by atoms with van der Waals surface area (Å²) in [5.74, 6) is -0.861. The summed E-state index contributed by atoms with van der Waals surface area (Å²) >= 11 is 0. The third-order valence-corrected chi connectivity index (χ3v) is 9.27. The molecule has 0 spiro atoms. The third-order valence-electron chi connectivity index (χ3n) is 9.27. The molecule has 3 aromatic carbocycles. The molecule has 272 valence electrons. The van der Waals surface area contributed by atoms with E-state index in [0.717, 1.165) is 33.8 Å². The molecule has 0 bridgehead atoms. The average Bonchev–Trinajstić information content (AvgIpc) is 3.72. The summed E-state index contributed by atoms with van der Waals surface area (Å²) in [6, 6.07) is 26.2. The Hall–Kier alpha value is -7.61. The van der Waals surface area contributed by atoms with E-state index in [1.165, 1.54) is 12.4 Å². The molecular weight excluding hydrogens is 701 g/mol. The Morgan fingerprint density at radius 3 is 2.04 bits per heavy atom. The highest BCUT2D eigenvalue weighted by Crippen LogP contribution is 2.25. The van der Waals surface area contributed by atoms with Crippen molar-refractivity contribution in [3.63, 3.8) is 0 Å². The maximum atomic E-state index is 13.1. The van der Waals surface area contributed by atoms with Crippen molar-refractivity contribution < 1.29 is 18.4 Å². The molecular formula is C41H32N8O6. The van der Waals surface area contributed by atoms with Crippen LogP contribution >= 0.6 is 0 Å². The van der Waals surface area contributed by atoms with Crippen molar-refractivity contribution >= 4 is 63.2 Å². The van der Waals surface area contributed by atoms with Gasteiger partial charge in [0.25, 0.3) is 11.8 Å². The Bertz CT molecular complexity index is 2980. The summed E-state index contributed by atoms with van der Waals surface area (Å²) in [7, 11) is 1.92. The number of fused-ring (bicyclic) bond motifs is 6. The van der Waals surface area contributed by atoms with E-state index >= 15 is 0 Å². The van der Waals surface area contributed by atoms with Gasteiger partial charge in [-0.15, -0.1) is 0 Å². The second kappa shape index (κ2) is 14.1. The summed E-state index contributed by atoms with van der Waals surface area (Å²) in [6.45, 7) is 4.22. The van der Waals surface area contributed by atoms with Crippen molar-refractivity contribution in [1.29, 1.82) is 0 Å². The molecule has 0 atom stereocenters. The summed E-state index contributed by atoms with van der Waals surface area (Å²) in [4.78, 5) is 57.5. The van der Waals surface area contributed by atoms with E-state index in [4.69, 9.17) is 8.83 Å². The highest BCUT2D eigenvalue weighted by Gasteiger charge is 2.18. The van der Waals surface area contributed by atoms with E-state index in [0.29, 0.717) is 50.9 Å². The molecule has 2 amide bonds. The highest BCUT2D eigenvalue weighted by molar-refractivity contribution is 5.99. The van der Waals surface area contributed by atoms with Crippen molar-refractivity contribution in [3.05, 3.63) is 163 Å². The lowest BCUT2D eigenvalue weighted by Crippen LogP contribution is -2.18. The minimum absolute atomic E-state index is 0.329. The average molecular weight is 733 g/mol. The zero-order valence-corrected chi connectivity index (χ0v) is 29.8. The first-order chi connectivity index (χ1) is 26.6. The number of hydrazone groups is 2. The number of hydrogen-bond acceptors (Lipinski definition) is 10. The Morgan fingerprint density at radius 2 is 1.38 bits per heavy atom. The van der Waals surface area contributed by atoms with E-state index in [1.54, 1.807) is 65.3 Å². The number of rotatable bonds is 9. The summed E-state index contributed by atoms with van der Waals surface area (Å²) < 4.78 is 14.8. The predicted molar refractivity (Wildman–Crippen MR) is 209 cm³/mol. The first-order valence-electron chi connectivity index (χ1n) is 17.2. The molecule has 14 nitrogen and oxygen atoms in total. The molecule has 5 heterocycles. The van der Waals surface area contributed by atoms with E-state index in [1.807, 2.05) is 72.7 Å². The van der Waals surface area contributed by atoms with Crippen LogP contribution in [0.1, 0.15) is 48.8 Å². The molecule has 0 saturated carbocycles. The number of nitrogens with zero attached hydrogens (tertiary/aromatic N) is 6. The maximum Gasteiger partial charge on any atom is 0.346 e. The van der Waals surface area contributed by atoms with Crippen molar-refractivity contribution in [2.45, 2.75) is 20.4 Å². The zero-order chi connectivity index (χ0) is 38.2. The maximum absolute atomic E-state index is 13.1. The number of carbonyl (C=O) groups is 2. The van der Waals surface area contributed by atoms with Gasteiger partial charge in [0.1, 0.15) is 0 Å². The molecule has 5 aromatic heterocycles. The minimum atomic E-state index is -0.511. The molecule has 55 heavy (non-hydrogen) atoms. The van der Waals surface area contributed by atoms with Crippen LogP contribution in [0.5, 0.6) is 0 Å². The third kappa shape index (κ3) is 6.63. The lowest BCUT2D eigenvalue weighted by molar-refractivity contribution is 0.0947. The number of nitrogens with one attached hydrogen (secondary N) is 2. The van der Waals surface area contributed by atoms with Gasteiger partial charge >= 0.3 is 11.3 Å². The van der Waals surface area contributed by atoms with Crippen LogP contribution in [0.15, 0.2) is 132 Å². The number of amides is 2. The number of aromatic nitrogens is 3. The first-order valence-corrected chi connectivity index (χ1v) is 17.2. The highest BCUT2D eigenvalue weighted by atomic mass is 16.4. The number of carbonyl (C=O) groups excluding carboxylic acids is 2. The van der Waals surface area contributed by atoms with Crippen LogP contribution in [0.4, 0.5) is 5.69 Å². The molecule has 8 aromatic rings. The van der Waals surface area contributed by atoms with Crippen molar-refractivity contribution in [3.8, 4) is 0 Å². The first kappa shape index (κ1) is 34.5. The van der Waals surface area contributed by atoms with Crippen molar-refractivity contribution in [1.82, 2.24) is 24.6 Å². The van der Waals surface area contributed by atoms with Crippen LogP contribution < -0.4 is 27.0 Å². The fourth-order valence-electron chi connectivity index (χ4n) is 6.54. The van der Waals surface area contributed by atoms with Gasteiger partial charge in [-0.05, 0) is 86.1 Å². The van der Waals surface area contributed by atoms with E-state index in [2.05, 4.69) is 26.0 Å². The number of anilines is 1. The zero-order valence-electron chi connectivity index (χ0n) is 29.8. The normalized spacial score (nSPS) is 11.8. The van der Waals surface area contributed by atoms with Crippen molar-refractivity contribution in [2.24, 2.45) is 10.2 Å². The summed E-state index contributed by atoms with van der Waals surface area (Å²) in [5.41, 5.74) is 11.5. The number of aryl methyl sites for hydroxylation is 2. The lowest BCUT2D eigenvalue weighted by Gasteiger charge is -2.18. The molecule has 0 aliphatic rings. The Morgan fingerprint density at radius 1 is 0.745 bits per heavy atom. The summed E-state index contributed by atoms with van der Waals surface area (Å²) in [5, 5.41) is 8.88. The molecule has 0 fully saturated rings. The van der Waals surface area contributed by atoms with E-state index < -0.39 is 23.1 Å². The van der Waals surface area contributed by atoms with Gasteiger partial charge in [0.2, 0.25) is 11.4 Å². The van der Waals surface area contributed by atoms with Gasteiger partial charge in [-0.2, -0.15) is 10.2 Å². The molecule has 0 aliphatic heterocycles. The van der Waals surface area contributed by atoms with Gasteiger partial charge in [0, 0.05) is 71.4 Å². The van der Waals surface area contributed by atoms with Crippen molar-refractivity contribution in [2.75, 3.05) is 11.9 Å². The minimum Gasteiger partial charge on any atom is -0.405 e. The quantitative estimate of drug-likeness (QED) is 0.143. The SMILES string of the molecule is Cc1ccc2oc(=O)c3ccc(C(=O)NN=Cc4ccc(N(C)Cc5cc(C)n6c5oc(=O)c5ccc(C(=O)NN=Cc7cccnc7)cc56)cc4)cc3n12. The summed E-state index contributed by atoms with van der Waals surface area (Å²) in [6.07, 6.45) is 6.31. The number of hydrogen-bond donors (Lipinski definition) is 2. The van der Waals surface area contributed by atoms with Gasteiger partial charge in [-0.25, -0.2) is 20.4 Å². The topological polar surface area (TPSA) is 168 Å². The van der Waals surface area contributed by atoms with E-state index in [-0.39, 0.29) is 0 Å². The van der Waals surface area contributed by atoms with Gasteiger partial charge in [-0.1, -0.05) is 18.2 Å². The van der Waals surface area contributed by atoms with Crippen LogP contribution in [-0.4, -0.2) is 45.1 Å².